The highest BCUT2D eigenvalue weighted by Gasteiger charge is 2.41. The number of halogens is 1. The van der Waals surface area contributed by atoms with Gasteiger partial charge < -0.3 is 19.9 Å². The largest absolute Gasteiger partial charge is 0.373 e. The van der Waals surface area contributed by atoms with E-state index in [0.717, 1.165) is 18.9 Å². The molecule has 2 aliphatic rings. The van der Waals surface area contributed by atoms with Crippen LogP contribution in [0.1, 0.15) is 25.0 Å². The molecule has 0 radical (unpaired) electrons. The van der Waals surface area contributed by atoms with Crippen molar-refractivity contribution in [1.29, 1.82) is 0 Å². The van der Waals surface area contributed by atoms with E-state index in [1.165, 1.54) is 18.5 Å². The summed E-state index contributed by atoms with van der Waals surface area (Å²) >= 11 is 0. The van der Waals surface area contributed by atoms with Crippen LogP contribution in [0.2, 0.25) is 0 Å². The summed E-state index contributed by atoms with van der Waals surface area (Å²) in [5, 5.41) is 6.85. The van der Waals surface area contributed by atoms with Gasteiger partial charge in [-0.15, -0.1) is 24.0 Å². The van der Waals surface area contributed by atoms with Crippen molar-refractivity contribution in [2.24, 2.45) is 12.0 Å². The van der Waals surface area contributed by atoms with Crippen LogP contribution in [-0.2, 0) is 18.3 Å². The van der Waals surface area contributed by atoms with Crippen LogP contribution in [0.25, 0.3) is 0 Å². The van der Waals surface area contributed by atoms with Gasteiger partial charge in [-0.05, 0) is 31.4 Å². The van der Waals surface area contributed by atoms with E-state index in [0.29, 0.717) is 18.2 Å². The van der Waals surface area contributed by atoms with Gasteiger partial charge >= 0.3 is 0 Å². The molecule has 2 aliphatic heterocycles. The Bertz CT molecular complexity index is 473. The Labute approximate surface area is 137 Å². The molecule has 3 unspecified atom stereocenters. The summed E-state index contributed by atoms with van der Waals surface area (Å²) in [7, 11) is 3.87. The summed E-state index contributed by atoms with van der Waals surface area (Å²) in [4.78, 5) is 4.29. The molecule has 2 bridgehead atoms. The summed E-state index contributed by atoms with van der Waals surface area (Å²) in [6.07, 6.45) is 6.40. The Balaban J connectivity index is 0.00000147. The van der Waals surface area contributed by atoms with E-state index in [4.69, 9.17) is 4.74 Å². The van der Waals surface area contributed by atoms with Crippen molar-refractivity contribution in [2.45, 2.75) is 44.1 Å². The first-order valence-electron chi connectivity index (χ1n) is 6.99. The Kier molecular flexibility index (Phi) is 5.31. The van der Waals surface area contributed by atoms with Gasteiger partial charge in [0.05, 0.1) is 24.8 Å². The predicted molar refractivity (Wildman–Crippen MR) is 90.5 cm³/mol. The maximum Gasteiger partial charge on any atom is 0.191 e. The maximum absolute atomic E-state index is 5.85. The molecule has 3 rings (SSSR count). The smallest absolute Gasteiger partial charge is 0.191 e. The van der Waals surface area contributed by atoms with Crippen LogP contribution in [0, 0.1) is 0 Å². The molecule has 0 amide bonds. The fourth-order valence-electron chi connectivity index (χ4n) is 3.01. The van der Waals surface area contributed by atoms with E-state index >= 15 is 0 Å². The second-order valence-corrected chi connectivity index (χ2v) is 5.40. The highest BCUT2D eigenvalue weighted by atomic mass is 127. The molecular formula is C14H23IN4O. The minimum Gasteiger partial charge on any atom is -0.373 e. The number of rotatable bonds is 3. The van der Waals surface area contributed by atoms with Gasteiger partial charge in [-0.3, -0.25) is 4.99 Å². The van der Waals surface area contributed by atoms with Gasteiger partial charge in [0.15, 0.2) is 5.96 Å². The van der Waals surface area contributed by atoms with Crippen LogP contribution in [0.5, 0.6) is 0 Å². The fraction of sp³-hybridized carbons (Fsp3) is 0.643. The van der Waals surface area contributed by atoms with Gasteiger partial charge in [0.2, 0.25) is 0 Å². The summed E-state index contributed by atoms with van der Waals surface area (Å²) in [5.41, 5.74) is 1.24. The first-order valence-corrected chi connectivity index (χ1v) is 6.99. The third-order valence-corrected chi connectivity index (χ3v) is 4.14. The van der Waals surface area contributed by atoms with E-state index in [1.54, 1.807) is 0 Å². The molecule has 0 spiro atoms. The minimum absolute atomic E-state index is 0. The number of hydrogen-bond acceptors (Lipinski definition) is 2. The maximum atomic E-state index is 5.85. The van der Waals surface area contributed by atoms with Crippen molar-refractivity contribution in [1.82, 2.24) is 15.2 Å². The predicted octanol–water partition coefficient (Wildman–Crippen LogP) is 1.63. The zero-order valence-corrected chi connectivity index (χ0v) is 14.3. The van der Waals surface area contributed by atoms with Gasteiger partial charge in [0, 0.05) is 26.0 Å². The van der Waals surface area contributed by atoms with Gasteiger partial charge in [-0.1, -0.05) is 0 Å². The normalized spacial score (nSPS) is 28.3. The standard InChI is InChI=1S/C14H22N4O.HI/c1-15-14(16-9-10-4-3-7-18(10)2)17-12-8-11-5-6-13(12)19-11;/h3-4,7,11-13H,5-6,8-9H2,1-2H3,(H2,15,16,17);1H. The van der Waals surface area contributed by atoms with E-state index in [2.05, 4.69) is 45.6 Å². The zero-order chi connectivity index (χ0) is 13.2. The Hall–Kier alpha value is -0.760. The van der Waals surface area contributed by atoms with Crippen LogP contribution in [0.3, 0.4) is 0 Å². The van der Waals surface area contributed by atoms with Crippen molar-refractivity contribution < 1.29 is 4.74 Å². The van der Waals surface area contributed by atoms with Crippen LogP contribution < -0.4 is 10.6 Å². The third kappa shape index (κ3) is 3.28. The lowest BCUT2D eigenvalue weighted by Crippen LogP contribution is -2.47. The molecule has 3 heterocycles. The lowest BCUT2D eigenvalue weighted by molar-refractivity contribution is 0.0992. The second-order valence-electron chi connectivity index (χ2n) is 5.40. The quantitative estimate of drug-likeness (QED) is 0.469. The van der Waals surface area contributed by atoms with E-state index in [1.807, 2.05) is 7.05 Å². The Morgan fingerprint density at radius 2 is 2.35 bits per heavy atom. The average molecular weight is 390 g/mol. The van der Waals surface area contributed by atoms with E-state index < -0.39 is 0 Å². The molecule has 112 valence electrons. The van der Waals surface area contributed by atoms with Gasteiger partial charge in [0.1, 0.15) is 0 Å². The van der Waals surface area contributed by atoms with Crippen LogP contribution in [0.4, 0.5) is 0 Å². The van der Waals surface area contributed by atoms with Gasteiger partial charge in [-0.25, -0.2) is 0 Å². The first-order chi connectivity index (χ1) is 9.26. The molecule has 2 saturated heterocycles. The molecule has 6 heteroatoms. The average Bonchev–Trinajstić information content (AvgIpc) is 3.11. The van der Waals surface area contributed by atoms with Crippen molar-refractivity contribution in [3.63, 3.8) is 0 Å². The third-order valence-electron chi connectivity index (χ3n) is 4.14. The molecule has 2 fully saturated rings. The van der Waals surface area contributed by atoms with Gasteiger partial charge in [0.25, 0.3) is 0 Å². The summed E-state index contributed by atoms with van der Waals surface area (Å²) in [6.45, 7) is 0.783. The first kappa shape index (κ1) is 15.6. The number of nitrogens with one attached hydrogen (secondary N) is 2. The second kappa shape index (κ2) is 6.80. The number of aromatic nitrogens is 1. The monoisotopic (exact) mass is 390 g/mol. The van der Waals surface area contributed by atoms with Crippen molar-refractivity contribution >= 4 is 29.9 Å². The van der Waals surface area contributed by atoms with Crippen molar-refractivity contribution in [3.05, 3.63) is 24.0 Å². The van der Waals surface area contributed by atoms with Gasteiger partial charge in [-0.2, -0.15) is 0 Å². The highest BCUT2D eigenvalue weighted by Crippen LogP contribution is 2.34. The molecule has 1 aromatic heterocycles. The molecule has 0 aliphatic carbocycles. The number of nitrogens with zero attached hydrogens (tertiary/aromatic N) is 2. The summed E-state index contributed by atoms with van der Waals surface area (Å²) in [5.74, 6) is 0.863. The number of hydrogen-bond donors (Lipinski definition) is 2. The molecular weight excluding hydrogens is 367 g/mol. The molecule has 1 aromatic rings. The summed E-state index contributed by atoms with van der Waals surface area (Å²) in [6, 6.07) is 4.58. The summed E-state index contributed by atoms with van der Waals surface area (Å²) < 4.78 is 7.96. The minimum atomic E-state index is 0. The van der Waals surface area contributed by atoms with E-state index in [9.17, 15) is 0 Å². The molecule has 2 N–H and O–H groups in total. The number of aryl methyl sites for hydroxylation is 1. The number of aliphatic imine (C=N–C) groups is 1. The van der Waals surface area contributed by atoms with Crippen LogP contribution in [0.15, 0.2) is 23.3 Å². The van der Waals surface area contributed by atoms with Crippen molar-refractivity contribution in [2.75, 3.05) is 7.05 Å². The number of fused-ring (bicyclic) bond motifs is 2. The van der Waals surface area contributed by atoms with E-state index in [-0.39, 0.29) is 24.0 Å². The van der Waals surface area contributed by atoms with Crippen LogP contribution >= 0.6 is 24.0 Å². The SMILES string of the molecule is CN=C(NCc1cccn1C)NC1CC2CCC1O2.I. The topological polar surface area (TPSA) is 50.6 Å². The zero-order valence-electron chi connectivity index (χ0n) is 12.0. The molecule has 3 atom stereocenters. The number of guanidine groups is 1. The van der Waals surface area contributed by atoms with Crippen molar-refractivity contribution in [3.8, 4) is 0 Å². The van der Waals surface area contributed by atoms with Crippen LogP contribution in [-0.4, -0.2) is 35.8 Å². The molecule has 0 saturated carbocycles. The Morgan fingerprint density at radius 3 is 2.90 bits per heavy atom. The lowest BCUT2D eigenvalue weighted by atomic mass is 9.96. The number of ether oxygens (including phenoxy) is 1. The molecule has 20 heavy (non-hydrogen) atoms. The molecule has 0 aromatic carbocycles. The molecule has 5 nitrogen and oxygen atoms in total. The highest BCUT2D eigenvalue weighted by molar-refractivity contribution is 14.0. The lowest BCUT2D eigenvalue weighted by Gasteiger charge is -2.22. The fourth-order valence-corrected chi connectivity index (χ4v) is 3.01. The Morgan fingerprint density at radius 1 is 1.50 bits per heavy atom.